The average Bonchev–Trinajstić information content (AvgIpc) is 1.81. The van der Waals surface area contributed by atoms with Crippen LogP contribution in [0, 0.1) is 0 Å². The largest absolute Gasteiger partial charge is 0.421 e. The van der Waals surface area contributed by atoms with Gasteiger partial charge in [0.1, 0.15) is 5.57 Å². The van der Waals surface area contributed by atoms with Crippen LogP contribution in [0.3, 0.4) is 0 Å². The number of rotatable bonds is 2. The molecule has 0 aromatic rings. The van der Waals surface area contributed by atoms with E-state index in [9.17, 15) is 22.8 Å². The maximum atomic E-state index is 12.0. The lowest BCUT2D eigenvalue weighted by Crippen LogP contribution is -2.23. The van der Waals surface area contributed by atoms with Gasteiger partial charge >= 0.3 is 6.18 Å². The van der Waals surface area contributed by atoms with Gasteiger partial charge in [0.2, 0.25) is 5.91 Å². The first-order chi connectivity index (χ1) is 5.75. The van der Waals surface area contributed by atoms with Gasteiger partial charge < -0.3 is 5.32 Å². The SMILES string of the molecule is CC(=O)N/C=C(\C(C)=O)C(F)(F)F. The van der Waals surface area contributed by atoms with E-state index in [4.69, 9.17) is 0 Å². The Morgan fingerprint density at radius 3 is 1.92 bits per heavy atom. The van der Waals surface area contributed by atoms with E-state index in [0.717, 1.165) is 13.8 Å². The molecule has 0 atom stereocenters. The van der Waals surface area contributed by atoms with Gasteiger partial charge in [0.25, 0.3) is 0 Å². The number of allylic oxidation sites excluding steroid dienone is 1. The van der Waals surface area contributed by atoms with Crippen LogP contribution in [0.1, 0.15) is 13.8 Å². The molecule has 0 saturated carbocycles. The second kappa shape index (κ2) is 4.06. The highest BCUT2D eigenvalue weighted by atomic mass is 19.4. The highest BCUT2D eigenvalue weighted by Gasteiger charge is 2.36. The molecule has 0 fully saturated rings. The molecule has 0 bridgehead atoms. The molecule has 6 heteroatoms. The Hall–Kier alpha value is -1.33. The van der Waals surface area contributed by atoms with Gasteiger partial charge in [-0.2, -0.15) is 13.2 Å². The molecule has 0 rings (SSSR count). The number of hydrogen-bond donors (Lipinski definition) is 1. The van der Waals surface area contributed by atoms with Crippen molar-refractivity contribution in [1.29, 1.82) is 0 Å². The molecule has 0 unspecified atom stereocenters. The number of ketones is 1. The predicted octanol–water partition coefficient (Wildman–Crippen LogP) is 1.16. The van der Waals surface area contributed by atoms with E-state index in [1.807, 2.05) is 0 Å². The molecule has 0 saturated heterocycles. The molecule has 0 aromatic carbocycles. The number of Topliss-reactive ketones (excluding diaryl/α,β-unsaturated/α-hetero) is 1. The molecule has 74 valence electrons. The zero-order valence-corrected chi connectivity index (χ0v) is 7.03. The fraction of sp³-hybridized carbons (Fsp3) is 0.429. The van der Waals surface area contributed by atoms with Crippen molar-refractivity contribution >= 4 is 11.7 Å². The summed E-state index contributed by atoms with van der Waals surface area (Å²) >= 11 is 0. The predicted molar refractivity (Wildman–Crippen MR) is 38.6 cm³/mol. The van der Waals surface area contributed by atoms with Crippen molar-refractivity contribution in [1.82, 2.24) is 5.32 Å². The lowest BCUT2D eigenvalue weighted by molar-refractivity contribution is -0.127. The Balaban J connectivity index is 4.72. The van der Waals surface area contributed by atoms with Crippen LogP contribution in [0.5, 0.6) is 0 Å². The molecule has 0 aliphatic heterocycles. The quantitative estimate of drug-likeness (QED) is 0.672. The van der Waals surface area contributed by atoms with Crippen molar-refractivity contribution in [2.24, 2.45) is 0 Å². The second-order valence-corrected chi connectivity index (χ2v) is 2.31. The average molecular weight is 195 g/mol. The molecule has 0 heterocycles. The van der Waals surface area contributed by atoms with Gasteiger partial charge in [-0.1, -0.05) is 0 Å². The molecule has 0 radical (unpaired) electrons. The van der Waals surface area contributed by atoms with Crippen LogP contribution in [0.15, 0.2) is 11.8 Å². The molecule has 0 aliphatic carbocycles. The summed E-state index contributed by atoms with van der Waals surface area (Å²) < 4.78 is 35.9. The summed E-state index contributed by atoms with van der Waals surface area (Å²) in [4.78, 5) is 20.7. The summed E-state index contributed by atoms with van der Waals surface area (Å²) in [6.07, 6.45) is -4.36. The van der Waals surface area contributed by atoms with Crippen molar-refractivity contribution < 1.29 is 22.8 Å². The monoisotopic (exact) mass is 195 g/mol. The summed E-state index contributed by atoms with van der Waals surface area (Å²) in [6, 6.07) is 0. The Morgan fingerprint density at radius 2 is 1.69 bits per heavy atom. The number of hydrogen-bond acceptors (Lipinski definition) is 2. The summed E-state index contributed by atoms with van der Waals surface area (Å²) in [6.45, 7) is 1.83. The summed E-state index contributed by atoms with van der Waals surface area (Å²) in [7, 11) is 0. The minimum absolute atomic E-state index is 0.366. The number of halogens is 3. The van der Waals surface area contributed by atoms with Crippen LogP contribution in [0.25, 0.3) is 0 Å². The van der Waals surface area contributed by atoms with E-state index in [0.29, 0.717) is 6.20 Å². The molecule has 1 amide bonds. The van der Waals surface area contributed by atoms with E-state index >= 15 is 0 Å². The first kappa shape index (κ1) is 11.7. The molecule has 0 spiro atoms. The Bertz CT molecular complexity index is 255. The van der Waals surface area contributed by atoms with Crippen LogP contribution in [-0.4, -0.2) is 17.9 Å². The number of nitrogens with one attached hydrogen (secondary N) is 1. The third-order valence-electron chi connectivity index (χ3n) is 1.10. The summed E-state index contributed by atoms with van der Waals surface area (Å²) in [5.41, 5.74) is -1.37. The van der Waals surface area contributed by atoms with Crippen molar-refractivity contribution in [3.63, 3.8) is 0 Å². The number of carbonyl (C=O) groups is 2. The minimum atomic E-state index is -4.73. The first-order valence-corrected chi connectivity index (χ1v) is 3.30. The number of amides is 1. The van der Waals surface area contributed by atoms with Crippen LogP contribution in [0.2, 0.25) is 0 Å². The van der Waals surface area contributed by atoms with Crippen LogP contribution < -0.4 is 5.32 Å². The molecule has 13 heavy (non-hydrogen) atoms. The molecule has 0 aliphatic rings. The zero-order chi connectivity index (χ0) is 10.6. The Labute approximate surface area is 72.6 Å². The number of carbonyl (C=O) groups excluding carboxylic acids is 2. The zero-order valence-electron chi connectivity index (χ0n) is 7.03. The van der Waals surface area contributed by atoms with E-state index in [-0.39, 0.29) is 0 Å². The molecular weight excluding hydrogens is 187 g/mol. The van der Waals surface area contributed by atoms with Gasteiger partial charge in [0, 0.05) is 13.1 Å². The van der Waals surface area contributed by atoms with Gasteiger partial charge in [0.15, 0.2) is 5.78 Å². The molecule has 3 nitrogen and oxygen atoms in total. The van der Waals surface area contributed by atoms with Gasteiger partial charge in [0.05, 0.1) is 0 Å². The normalized spacial score (nSPS) is 12.5. The van der Waals surface area contributed by atoms with Crippen LogP contribution >= 0.6 is 0 Å². The van der Waals surface area contributed by atoms with E-state index in [1.165, 1.54) is 0 Å². The highest BCUT2D eigenvalue weighted by Crippen LogP contribution is 2.25. The summed E-state index contributed by atoms with van der Waals surface area (Å²) in [5.74, 6) is -1.80. The summed E-state index contributed by atoms with van der Waals surface area (Å²) in [5, 5.41) is 1.79. The maximum absolute atomic E-state index is 12.0. The van der Waals surface area contributed by atoms with Crippen LogP contribution in [-0.2, 0) is 9.59 Å². The van der Waals surface area contributed by atoms with Gasteiger partial charge in [-0.05, 0) is 6.92 Å². The van der Waals surface area contributed by atoms with E-state index in [2.05, 4.69) is 0 Å². The Kier molecular flexibility index (Phi) is 3.65. The third-order valence-corrected chi connectivity index (χ3v) is 1.10. The van der Waals surface area contributed by atoms with Crippen molar-refractivity contribution in [2.45, 2.75) is 20.0 Å². The van der Waals surface area contributed by atoms with E-state index < -0.39 is 23.4 Å². The van der Waals surface area contributed by atoms with Crippen LogP contribution in [0.4, 0.5) is 13.2 Å². The minimum Gasteiger partial charge on any atom is -0.332 e. The second-order valence-electron chi connectivity index (χ2n) is 2.31. The van der Waals surface area contributed by atoms with E-state index in [1.54, 1.807) is 5.32 Å². The van der Waals surface area contributed by atoms with Gasteiger partial charge in [-0.15, -0.1) is 0 Å². The molecule has 0 aromatic heterocycles. The smallest absolute Gasteiger partial charge is 0.332 e. The fourth-order valence-electron chi connectivity index (χ4n) is 0.557. The fourth-order valence-corrected chi connectivity index (χ4v) is 0.557. The van der Waals surface area contributed by atoms with Crippen molar-refractivity contribution in [2.75, 3.05) is 0 Å². The first-order valence-electron chi connectivity index (χ1n) is 3.30. The van der Waals surface area contributed by atoms with Crippen molar-refractivity contribution in [3.05, 3.63) is 11.8 Å². The van der Waals surface area contributed by atoms with Gasteiger partial charge in [-0.3, -0.25) is 9.59 Å². The Morgan fingerprint density at radius 1 is 1.23 bits per heavy atom. The third kappa shape index (κ3) is 4.29. The maximum Gasteiger partial charge on any atom is 0.421 e. The lowest BCUT2D eigenvalue weighted by atomic mass is 10.2. The molecular formula is C7H8F3NO2. The van der Waals surface area contributed by atoms with Crippen molar-refractivity contribution in [3.8, 4) is 0 Å². The lowest BCUT2D eigenvalue weighted by Gasteiger charge is -2.07. The standard InChI is InChI=1S/C7H8F3NO2/c1-4(12)6(7(8,9)10)3-11-5(2)13/h3H,1-2H3,(H,11,13)/b6-3+. The van der Waals surface area contributed by atoms with Gasteiger partial charge in [-0.25, -0.2) is 0 Å². The molecule has 1 N–H and O–H groups in total. The highest BCUT2D eigenvalue weighted by molar-refractivity contribution is 5.95. The number of alkyl halides is 3. The topological polar surface area (TPSA) is 46.2 Å².